The van der Waals surface area contributed by atoms with Crippen molar-refractivity contribution in [1.82, 2.24) is 5.32 Å². The van der Waals surface area contributed by atoms with Crippen LogP contribution < -0.4 is 5.32 Å². The number of hydrogen-bond donors (Lipinski definition) is 2. The van der Waals surface area contributed by atoms with Gasteiger partial charge < -0.3 is 19.9 Å². The SMILES string of the molecule is CCOC(CNC(=O)/C=C\C(=O)O)OCC. The van der Waals surface area contributed by atoms with E-state index in [4.69, 9.17) is 14.6 Å². The lowest BCUT2D eigenvalue weighted by atomic mass is 10.4. The summed E-state index contributed by atoms with van der Waals surface area (Å²) >= 11 is 0. The Balaban J connectivity index is 3.90. The van der Waals surface area contributed by atoms with E-state index in [9.17, 15) is 9.59 Å². The van der Waals surface area contributed by atoms with Crippen molar-refractivity contribution in [1.29, 1.82) is 0 Å². The lowest BCUT2D eigenvalue weighted by Crippen LogP contribution is -2.34. The van der Waals surface area contributed by atoms with Gasteiger partial charge in [0.2, 0.25) is 5.91 Å². The zero-order chi connectivity index (χ0) is 12.4. The summed E-state index contributed by atoms with van der Waals surface area (Å²) in [7, 11) is 0. The van der Waals surface area contributed by atoms with E-state index >= 15 is 0 Å². The van der Waals surface area contributed by atoms with E-state index in [1.807, 2.05) is 13.8 Å². The van der Waals surface area contributed by atoms with Gasteiger partial charge in [-0.25, -0.2) is 4.79 Å². The van der Waals surface area contributed by atoms with Gasteiger partial charge in [0.05, 0.1) is 6.54 Å². The van der Waals surface area contributed by atoms with E-state index < -0.39 is 18.2 Å². The van der Waals surface area contributed by atoms with Gasteiger partial charge in [0, 0.05) is 25.4 Å². The van der Waals surface area contributed by atoms with Gasteiger partial charge in [-0.05, 0) is 13.8 Å². The summed E-state index contributed by atoms with van der Waals surface area (Å²) < 4.78 is 10.4. The van der Waals surface area contributed by atoms with E-state index in [0.717, 1.165) is 12.2 Å². The highest BCUT2D eigenvalue weighted by Gasteiger charge is 2.08. The highest BCUT2D eigenvalue weighted by molar-refractivity contribution is 5.93. The van der Waals surface area contributed by atoms with E-state index in [2.05, 4.69) is 5.32 Å². The first-order valence-electron chi connectivity index (χ1n) is 5.02. The van der Waals surface area contributed by atoms with Gasteiger partial charge >= 0.3 is 5.97 Å². The van der Waals surface area contributed by atoms with Gasteiger partial charge in [-0.2, -0.15) is 0 Å². The lowest BCUT2D eigenvalue weighted by molar-refractivity contribution is -0.138. The molecule has 0 aliphatic heterocycles. The molecule has 0 fully saturated rings. The molecule has 1 amide bonds. The molecule has 0 saturated heterocycles. The molecule has 0 rings (SSSR count). The number of amides is 1. The highest BCUT2D eigenvalue weighted by Crippen LogP contribution is 1.93. The summed E-state index contributed by atoms with van der Waals surface area (Å²) in [5.41, 5.74) is 0. The van der Waals surface area contributed by atoms with Crippen LogP contribution in [0.4, 0.5) is 0 Å². The number of rotatable bonds is 8. The molecule has 0 radical (unpaired) electrons. The summed E-state index contributed by atoms with van der Waals surface area (Å²) in [4.78, 5) is 21.2. The largest absolute Gasteiger partial charge is 0.478 e. The first-order chi connectivity index (χ1) is 7.60. The predicted molar refractivity (Wildman–Crippen MR) is 56.8 cm³/mol. The van der Waals surface area contributed by atoms with Crippen LogP contribution in [0.5, 0.6) is 0 Å². The van der Waals surface area contributed by atoms with Crippen LogP contribution in [0.25, 0.3) is 0 Å². The quantitative estimate of drug-likeness (QED) is 0.458. The van der Waals surface area contributed by atoms with Gasteiger partial charge in [0.1, 0.15) is 0 Å². The Morgan fingerprint density at radius 1 is 1.25 bits per heavy atom. The molecule has 16 heavy (non-hydrogen) atoms. The third kappa shape index (κ3) is 7.95. The Kier molecular flexibility index (Phi) is 8.10. The number of carbonyl (C=O) groups is 2. The number of hydrogen-bond acceptors (Lipinski definition) is 4. The van der Waals surface area contributed by atoms with Crippen LogP contribution in [0.2, 0.25) is 0 Å². The van der Waals surface area contributed by atoms with Crippen LogP contribution in [0, 0.1) is 0 Å². The molecule has 0 unspecified atom stereocenters. The summed E-state index contributed by atoms with van der Waals surface area (Å²) in [6, 6.07) is 0. The Morgan fingerprint density at radius 3 is 2.25 bits per heavy atom. The molecule has 0 aromatic heterocycles. The van der Waals surface area contributed by atoms with Crippen molar-refractivity contribution in [3.8, 4) is 0 Å². The maximum Gasteiger partial charge on any atom is 0.328 e. The number of aliphatic carboxylic acids is 1. The molecule has 0 aromatic rings. The van der Waals surface area contributed by atoms with Crippen LogP contribution in [0.1, 0.15) is 13.8 Å². The topological polar surface area (TPSA) is 84.9 Å². The predicted octanol–water partition coefficient (Wildman–Crippen LogP) is 0.142. The molecule has 92 valence electrons. The second kappa shape index (κ2) is 8.87. The fourth-order valence-electron chi connectivity index (χ4n) is 0.928. The molecule has 0 saturated carbocycles. The number of carboxylic acid groups (broad SMARTS) is 1. The molecular weight excluding hydrogens is 214 g/mol. The maximum absolute atomic E-state index is 11.1. The summed E-state index contributed by atoms with van der Waals surface area (Å²) in [6.07, 6.45) is 1.21. The number of ether oxygens (including phenoxy) is 2. The van der Waals surface area contributed by atoms with Crippen LogP contribution in [-0.4, -0.2) is 43.0 Å². The van der Waals surface area contributed by atoms with Gasteiger partial charge in [0.25, 0.3) is 0 Å². The van der Waals surface area contributed by atoms with Crippen molar-refractivity contribution in [2.75, 3.05) is 19.8 Å². The van der Waals surface area contributed by atoms with Crippen LogP contribution in [-0.2, 0) is 19.1 Å². The molecule has 0 aliphatic rings. The molecule has 0 aliphatic carbocycles. The van der Waals surface area contributed by atoms with Crippen molar-refractivity contribution in [2.45, 2.75) is 20.1 Å². The molecule has 0 aromatic carbocycles. The monoisotopic (exact) mass is 231 g/mol. The molecule has 0 atom stereocenters. The highest BCUT2D eigenvalue weighted by atomic mass is 16.7. The lowest BCUT2D eigenvalue weighted by Gasteiger charge is -2.16. The van der Waals surface area contributed by atoms with Gasteiger partial charge in [-0.3, -0.25) is 4.79 Å². The minimum atomic E-state index is -1.17. The first-order valence-corrected chi connectivity index (χ1v) is 5.02. The van der Waals surface area contributed by atoms with Gasteiger partial charge in [-0.15, -0.1) is 0 Å². The van der Waals surface area contributed by atoms with Crippen LogP contribution >= 0.6 is 0 Å². The Bertz CT molecular complexity index is 246. The third-order valence-electron chi connectivity index (χ3n) is 1.53. The van der Waals surface area contributed by atoms with Crippen molar-refractivity contribution in [2.24, 2.45) is 0 Å². The maximum atomic E-state index is 11.1. The Hall–Kier alpha value is -1.40. The summed E-state index contributed by atoms with van der Waals surface area (Å²) in [5.74, 6) is -1.66. The van der Waals surface area contributed by atoms with Gasteiger partial charge in [-0.1, -0.05) is 0 Å². The van der Waals surface area contributed by atoms with Gasteiger partial charge in [0.15, 0.2) is 6.29 Å². The zero-order valence-corrected chi connectivity index (χ0v) is 9.43. The van der Waals surface area contributed by atoms with Crippen molar-refractivity contribution in [3.05, 3.63) is 12.2 Å². The molecular formula is C10H17NO5. The van der Waals surface area contributed by atoms with Crippen molar-refractivity contribution < 1.29 is 24.2 Å². The number of carboxylic acids is 1. The second-order valence-corrected chi connectivity index (χ2v) is 2.76. The standard InChI is InChI=1S/C10H17NO5/c1-3-15-10(16-4-2)7-11-8(12)5-6-9(13)14/h5-6,10H,3-4,7H2,1-2H3,(H,11,12)(H,13,14)/b6-5-. The molecule has 0 heterocycles. The minimum Gasteiger partial charge on any atom is -0.478 e. The van der Waals surface area contributed by atoms with Crippen molar-refractivity contribution >= 4 is 11.9 Å². The molecule has 6 heteroatoms. The minimum absolute atomic E-state index is 0.185. The zero-order valence-electron chi connectivity index (χ0n) is 9.43. The van der Waals surface area contributed by atoms with E-state index in [0.29, 0.717) is 13.2 Å². The second-order valence-electron chi connectivity index (χ2n) is 2.76. The van der Waals surface area contributed by atoms with Crippen LogP contribution in [0.3, 0.4) is 0 Å². The molecule has 0 bridgehead atoms. The average molecular weight is 231 g/mol. The fraction of sp³-hybridized carbons (Fsp3) is 0.600. The molecule has 2 N–H and O–H groups in total. The Morgan fingerprint density at radius 2 is 1.81 bits per heavy atom. The number of carbonyl (C=O) groups excluding carboxylic acids is 1. The molecule has 0 spiro atoms. The van der Waals surface area contributed by atoms with E-state index in [1.165, 1.54) is 0 Å². The molecule has 6 nitrogen and oxygen atoms in total. The fourth-order valence-corrected chi connectivity index (χ4v) is 0.928. The number of nitrogens with one attached hydrogen (secondary N) is 1. The Labute approximate surface area is 94.2 Å². The third-order valence-corrected chi connectivity index (χ3v) is 1.53. The van der Waals surface area contributed by atoms with Crippen molar-refractivity contribution in [3.63, 3.8) is 0 Å². The summed E-state index contributed by atoms with van der Waals surface area (Å²) in [6.45, 7) is 4.78. The van der Waals surface area contributed by atoms with E-state index in [1.54, 1.807) is 0 Å². The normalized spacial score (nSPS) is 10.9. The average Bonchev–Trinajstić information content (AvgIpc) is 2.23. The van der Waals surface area contributed by atoms with E-state index in [-0.39, 0.29) is 6.54 Å². The smallest absolute Gasteiger partial charge is 0.328 e. The summed E-state index contributed by atoms with van der Waals surface area (Å²) in [5, 5.41) is 10.8. The van der Waals surface area contributed by atoms with Crippen LogP contribution in [0.15, 0.2) is 12.2 Å². The first kappa shape index (κ1) is 14.6.